The number of aliphatic hydroxyl groups is 1. The van der Waals surface area contributed by atoms with Crippen LogP contribution in [0.5, 0.6) is 0 Å². The summed E-state index contributed by atoms with van der Waals surface area (Å²) in [7, 11) is 0. The lowest BCUT2D eigenvalue weighted by Crippen LogP contribution is -2.69. The smallest absolute Gasteiger partial charge is 0.195 e. The van der Waals surface area contributed by atoms with Crippen LogP contribution in [0.25, 0.3) is 10.9 Å². The molecule has 2 bridgehead atoms. The van der Waals surface area contributed by atoms with E-state index in [-0.39, 0.29) is 16.6 Å². The average Bonchev–Trinajstić information content (AvgIpc) is 3.43. The van der Waals surface area contributed by atoms with Crippen molar-refractivity contribution in [1.82, 2.24) is 4.98 Å². The third kappa shape index (κ3) is 2.50. The molecule has 5 heteroatoms. The fraction of sp³-hybridized carbons (Fsp3) is 0.594. The summed E-state index contributed by atoms with van der Waals surface area (Å²) >= 11 is 0. The first-order valence-corrected chi connectivity index (χ1v) is 13.9. The number of fused-ring (bicyclic) bond motifs is 9. The second-order valence-corrected chi connectivity index (χ2v) is 13.9. The molecule has 3 fully saturated rings. The molecule has 3 aliphatic carbocycles. The van der Waals surface area contributed by atoms with Crippen molar-refractivity contribution >= 4 is 16.7 Å². The quantitative estimate of drug-likeness (QED) is 0.511. The van der Waals surface area contributed by atoms with Crippen LogP contribution in [0.1, 0.15) is 84.0 Å². The number of rotatable bonds is 2. The number of hydrogen-bond donors (Lipinski definition) is 2. The third-order valence-electron chi connectivity index (χ3n) is 11.6. The van der Waals surface area contributed by atoms with Crippen LogP contribution in [0, 0.1) is 11.3 Å². The Hall–Kier alpha value is -2.21. The summed E-state index contributed by atoms with van der Waals surface area (Å²) in [5.41, 5.74) is 2.90. The maximum Gasteiger partial charge on any atom is 0.195 e. The number of aromatic nitrogens is 1. The van der Waals surface area contributed by atoms with Gasteiger partial charge in [-0.1, -0.05) is 45.9 Å². The Morgan fingerprint density at radius 1 is 1.16 bits per heavy atom. The highest BCUT2D eigenvalue weighted by Gasteiger charge is 2.75. The zero-order valence-electron chi connectivity index (χ0n) is 23.0. The van der Waals surface area contributed by atoms with Crippen LogP contribution in [0.15, 0.2) is 42.5 Å². The van der Waals surface area contributed by atoms with E-state index in [1.807, 2.05) is 19.9 Å². The average molecular weight is 502 g/mol. The number of benzene rings is 1. The maximum atomic E-state index is 13.2. The lowest BCUT2D eigenvalue weighted by molar-refractivity contribution is -0.247. The van der Waals surface area contributed by atoms with Crippen molar-refractivity contribution in [2.24, 2.45) is 11.3 Å². The molecule has 2 saturated carbocycles. The normalized spacial score (nSPS) is 41.6. The SMILES string of the molecule is C=CC(C)(C)c1cccc2[nH]c3c(c12)C[C@@H]1CC[C@@]2(O)C4=CC(=O)C5O[C@@]4(CC[C@]2(C)[C@@]31C)OC5(C)C. The van der Waals surface area contributed by atoms with Crippen LogP contribution in [0.2, 0.25) is 0 Å². The highest BCUT2D eigenvalue weighted by molar-refractivity contribution is 5.97. The molecule has 2 aromatic rings. The molecule has 37 heavy (non-hydrogen) atoms. The predicted molar refractivity (Wildman–Crippen MR) is 143 cm³/mol. The summed E-state index contributed by atoms with van der Waals surface area (Å²) in [4.78, 5) is 17.1. The van der Waals surface area contributed by atoms with Gasteiger partial charge in [-0.3, -0.25) is 4.79 Å². The van der Waals surface area contributed by atoms with Crippen molar-refractivity contribution < 1.29 is 19.4 Å². The van der Waals surface area contributed by atoms with E-state index >= 15 is 0 Å². The number of allylic oxidation sites excluding steroid dienone is 1. The molecular weight excluding hydrogens is 462 g/mol. The van der Waals surface area contributed by atoms with Crippen molar-refractivity contribution in [2.75, 3.05) is 0 Å². The highest BCUT2D eigenvalue weighted by atomic mass is 16.8. The van der Waals surface area contributed by atoms with Gasteiger partial charge in [-0.2, -0.15) is 0 Å². The van der Waals surface area contributed by atoms with Crippen LogP contribution in [0.4, 0.5) is 0 Å². The summed E-state index contributed by atoms with van der Waals surface area (Å²) in [6.07, 6.45) is 6.98. The van der Waals surface area contributed by atoms with Gasteiger partial charge in [0, 0.05) is 44.8 Å². The van der Waals surface area contributed by atoms with Gasteiger partial charge in [-0.25, -0.2) is 0 Å². The van der Waals surface area contributed by atoms with E-state index in [0.717, 1.165) is 24.8 Å². The Bertz CT molecular complexity index is 1430. The molecule has 1 saturated heterocycles. The van der Waals surface area contributed by atoms with Gasteiger partial charge in [-0.15, -0.1) is 6.58 Å². The molecule has 3 heterocycles. The molecule has 0 radical (unpaired) electrons. The zero-order chi connectivity index (χ0) is 26.4. The molecule has 1 aromatic carbocycles. The largest absolute Gasteiger partial charge is 0.385 e. The predicted octanol–water partition coefficient (Wildman–Crippen LogP) is 5.79. The summed E-state index contributed by atoms with van der Waals surface area (Å²) in [6, 6.07) is 6.53. The molecule has 5 aliphatic rings. The number of carbonyl (C=O) groups is 1. The van der Waals surface area contributed by atoms with Crippen LogP contribution >= 0.6 is 0 Å². The van der Waals surface area contributed by atoms with Crippen molar-refractivity contribution in [2.45, 2.75) is 108 Å². The number of H-pyrrole nitrogens is 1. The van der Waals surface area contributed by atoms with Gasteiger partial charge in [0.1, 0.15) is 5.60 Å². The second kappa shape index (κ2) is 6.67. The van der Waals surface area contributed by atoms with E-state index in [4.69, 9.17) is 9.47 Å². The zero-order valence-corrected chi connectivity index (χ0v) is 23.0. The molecule has 2 aliphatic heterocycles. The fourth-order valence-electron chi connectivity index (χ4n) is 9.15. The molecule has 1 spiro atoms. The Morgan fingerprint density at radius 2 is 1.92 bits per heavy atom. The van der Waals surface area contributed by atoms with E-state index in [2.05, 4.69) is 57.5 Å². The Balaban J connectivity index is 1.43. The standard InChI is InChI=1S/C32H39NO4/c1-8-27(2,3)20-10-9-11-21-24(20)19-16-18-12-13-31(35)23-17-22(34)26-28(4,5)37-32(23,36-26)15-14-29(31,6)30(18,7)25(19)33-21/h8-11,17-18,26,33,35H,1,12-16H2,2-7H3/t18-,26?,29+,30+,31+,32-/m0/s1. The van der Waals surface area contributed by atoms with Crippen molar-refractivity contribution in [1.29, 1.82) is 0 Å². The number of aromatic amines is 1. The topological polar surface area (TPSA) is 71.5 Å². The van der Waals surface area contributed by atoms with Crippen molar-refractivity contribution in [3.63, 3.8) is 0 Å². The molecular formula is C32H39NO4. The Labute approximate surface area is 219 Å². The number of nitrogens with one attached hydrogen (secondary N) is 1. The molecule has 196 valence electrons. The minimum absolute atomic E-state index is 0.0907. The molecule has 0 amide bonds. The van der Waals surface area contributed by atoms with Crippen LogP contribution in [-0.4, -0.2) is 39.0 Å². The lowest BCUT2D eigenvalue weighted by Gasteiger charge is -2.65. The molecule has 1 aromatic heterocycles. The number of ether oxygens (including phenoxy) is 2. The summed E-state index contributed by atoms with van der Waals surface area (Å²) in [5.74, 6) is -0.693. The monoisotopic (exact) mass is 501 g/mol. The lowest BCUT2D eigenvalue weighted by atomic mass is 9.42. The molecule has 1 unspecified atom stereocenters. The summed E-state index contributed by atoms with van der Waals surface area (Å²) in [6.45, 7) is 17.0. The van der Waals surface area contributed by atoms with Gasteiger partial charge < -0.3 is 19.6 Å². The maximum absolute atomic E-state index is 13.2. The van der Waals surface area contributed by atoms with Gasteiger partial charge in [0.05, 0.1) is 5.60 Å². The van der Waals surface area contributed by atoms with Gasteiger partial charge >= 0.3 is 0 Å². The molecule has 7 rings (SSSR count). The van der Waals surface area contributed by atoms with E-state index < -0.39 is 28.5 Å². The van der Waals surface area contributed by atoms with Crippen molar-refractivity contribution in [3.8, 4) is 0 Å². The first-order valence-electron chi connectivity index (χ1n) is 13.9. The van der Waals surface area contributed by atoms with E-state index in [9.17, 15) is 9.90 Å². The molecule has 2 N–H and O–H groups in total. The number of carbonyl (C=O) groups excluding carboxylic acids is 1. The fourth-order valence-corrected chi connectivity index (χ4v) is 9.15. The summed E-state index contributed by atoms with van der Waals surface area (Å²) < 4.78 is 12.9. The highest BCUT2D eigenvalue weighted by Crippen LogP contribution is 2.72. The second-order valence-electron chi connectivity index (χ2n) is 13.9. The minimum atomic E-state index is -1.19. The van der Waals surface area contributed by atoms with Crippen LogP contribution < -0.4 is 0 Å². The van der Waals surface area contributed by atoms with E-state index in [1.54, 1.807) is 6.08 Å². The summed E-state index contributed by atoms with van der Waals surface area (Å²) in [5, 5.41) is 14.1. The van der Waals surface area contributed by atoms with Gasteiger partial charge in [-0.05, 0) is 68.7 Å². The van der Waals surface area contributed by atoms with Gasteiger partial charge in [0.2, 0.25) is 0 Å². The molecule has 6 atom stereocenters. The van der Waals surface area contributed by atoms with Crippen molar-refractivity contribution in [3.05, 3.63) is 59.3 Å². The minimum Gasteiger partial charge on any atom is -0.385 e. The third-order valence-corrected chi connectivity index (χ3v) is 11.6. The first kappa shape index (κ1) is 23.9. The number of hydrogen-bond acceptors (Lipinski definition) is 4. The van der Waals surface area contributed by atoms with Gasteiger partial charge in [0.15, 0.2) is 17.7 Å². The first-order chi connectivity index (χ1) is 17.2. The molecule has 5 nitrogen and oxygen atoms in total. The van der Waals surface area contributed by atoms with Crippen LogP contribution in [-0.2, 0) is 31.5 Å². The van der Waals surface area contributed by atoms with E-state index in [1.165, 1.54) is 22.2 Å². The Kier molecular flexibility index (Phi) is 4.31. The Morgan fingerprint density at radius 3 is 2.65 bits per heavy atom. The van der Waals surface area contributed by atoms with E-state index in [0.29, 0.717) is 24.3 Å². The van der Waals surface area contributed by atoms with Crippen LogP contribution in [0.3, 0.4) is 0 Å². The van der Waals surface area contributed by atoms with Gasteiger partial charge in [0.25, 0.3) is 0 Å². The number of ketones is 1.